The fraction of sp³-hybridized carbons (Fsp3) is 0.308. The van der Waals surface area contributed by atoms with Crippen LogP contribution in [-0.2, 0) is 11.2 Å². The van der Waals surface area contributed by atoms with E-state index in [1.807, 2.05) is 43.3 Å². The van der Waals surface area contributed by atoms with Crippen LogP contribution in [0.25, 0.3) is 0 Å². The van der Waals surface area contributed by atoms with Crippen LogP contribution in [0.5, 0.6) is 0 Å². The molecule has 1 aliphatic heterocycles. The Bertz CT molecular complexity index is 1190. The zero-order valence-corrected chi connectivity index (χ0v) is 19.2. The van der Waals surface area contributed by atoms with E-state index in [0.717, 1.165) is 22.4 Å². The van der Waals surface area contributed by atoms with E-state index < -0.39 is 37.1 Å². The average Bonchev–Trinajstić information content (AvgIpc) is 2.85. The van der Waals surface area contributed by atoms with E-state index in [0.29, 0.717) is 22.7 Å². The smallest absolute Gasteiger partial charge is 0.136 e. The third kappa shape index (κ3) is 5.45. The number of benzene rings is 2. The minimum absolute atomic E-state index is 0.479. The predicted molar refractivity (Wildman–Crippen MR) is 126 cm³/mol. The van der Waals surface area contributed by atoms with Gasteiger partial charge in [0, 0.05) is 10.6 Å². The molecule has 0 bridgehead atoms. The molecule has 3 aromatic rings. The minimum Gasteiger partial charge on any atom is -0.394 e. The molecule has 4 N–H and O–H groups in total. The summed E-state index contributed by atoms with van der Waals surface area (Å²) in [6.07, 6.45) is -5.53. The van der Waals surface area contributed by atoms with Gasteiger partial charge in [-0.05, 0) is 66.3 Å². The molecule has 0 radical (unpaired) electrons. The zero-order chi connectivity index (χ0) is 24.2. The molecule has 1 aliphatic rings. The summed E-state index contributed by atoms with van der Waals surface area (Å²) in [5.74, 6) is 6.06. The van der Waals surface area contributed by atoms with Crippen LogP contribution in [0.15, 0.2) is 54.6 Å². The molecular formula is C26H25ClN2O5. The molecule has 1 saturated heterocycles. The predicted octanol–water partition coefficient (Wildman–Crippen LogP) is 1.94. The maximum Gasteiger partial charge on any atom is 0.136 e. The number of rotatable bonds is 4. The molecule has 4 rings (SSSR count). The monoisotopic (exact) mass is 480 g/mol. The summed E-state index contributed by atoms with van der Waals surface area (Å²) in [5.41, 5.74) is 4.69. The highest BCUT2D eigenvalue weighted by molar-refractivity contribution is 6.31. The van der Waals surface area contributed by atoms with Crippen molar-refractivity contribution in [3.8, 4) is 11.8 Å². The quantitative estimate of drug-likeness (QED) is 0.422. The highest BCUT2D eigenvalue weighted by atomic mass is 35.5. The van der Waals surface area contributed by atoms with Crippen molar-refractivity contribution in [3.05, 3.63) is 93.3 Å². The number of aromatic nitrogens is 2. The first-order valence-electron chi connectivity index (χ1n) is 10.9. The Morgan fingerprint density at radius 3 is 2.35 bits per heavy atom. The van der Waals surface area contributed by atoms with E-state index in [1.54, 1.807) is 18.2 Å². The van der Waals surface area contributed by atoms with Gasteiger partial charge in [0.05, 0.1) is 12.3 Å². The van der Waals surface area contributed by atoms with Crippen LogP contribution in [0, 0.1) is 18.8 Å². The van der Waals surface area contributed by atoms with Gasteiger partial charge in [0.15, 0.2) is 0 Å². The van der Waals surface area contributed by atoms with Gasteiger partial charge >= 0.3 is 0 Å². The average molecular weight is 481 g/mol. The van der Waals surface area contributed by atoms with Crippen molar-refractivity contribution < 1.29 is 25.2 Å². The van der Waals surface area contributed by atoms with E-state index in [-0.39, 0.29) is 0 Å². The molecule has 0 spiro atoms. The number of hydrogen-bond donors (Lipinski definition) is 4. The largest absolute Gasteiger partial charge is 0.394 e. The summed E-state index contributed by atoms with van der Waals surface area (Å²) >= 11 is 6.42. The number of aryl methyl sites for hydroxylation is 1. The van der Waals surface area contributed by atoms with Gasteiger partial charge in [-0.15, -0.1) is 5.10 Å². The first-order chi connectivity index (χ1) is 16.4. The highest BCUT2D eigenvalue weighted by Crippen LogP contribution is 2.34. The molecule has 2 heterocycles. The molecule has 1 fully saturated rings. The second-order valence-electron chi connectivity index (χ2n) is 8.28. The topological polar surface area (TPSA) is 116 Å². The standard InChI is InChI=1S/C26H25ClN2O5/c1-15-2-9-20(29-28-15)10-7-16-3-5-17(6-4-16)12-19-13-18(8-11-21(19)27)26-25(33)24(32)23(31)22(14-30)34-26/h2-6,8-9,11,13,22-26,30-33H,12,14H2,1H3/t22-,23-,24?,25-,26+/m1/s1. The Morgan fingerprint density at radius 2 is 1.68 bits per heavy atom. The molecule has 34 heavy (non-hydrogen) atoms. The molecule has 2 aromatic carbocycles. The Balaban J connectivity index is 1.50. The summed E-state index contributed by atoms with van der Waals surface area (Å²) in [6, 6.07) is 16.7. The summed E-state index contributed by atoms with van der Waals surface area (Å²) in [7, 11) is 0. The third-order valence-corrected chi connectivity index (χ3v) is 6.14. The van der Waals surface area contributed by atoms with Crippen molar-refractivity contribution >= 4 is 11.6 Å². The fourth-order valence-corrected chi connectivity index (χ4v) is 4.00. The number of ether oxygens (including phenoxy) is 1. The maximum atomic E-state index is 10.4. The molecule has 8 heteroatoms. The van der Waals surface area contributed by atoms with Crippen molar-refractivity contribution in [2.45, 2.75) is 43.9 Å². The number of hydrogen-bond acceptors (Lipinski definition) is 7. The van der Waals surface area contributed by atoms with Crippen LogP contribution in [0.1, 0.15) is 39.7 Å². The van der Waals surface area contributed by atoms with Gasteiger partial charge in [0.1, 0.15) is 36.2 Å². The third-order valence-electron chi connectivity index (χ3n) is 5.77. The molecule has 0 saturated carbocycles. The molecule has 1 unspecified atom stereocenters. The second kappa shape index (κ2) is 10.6. The zero-order valence-electron chi connectivity index (χ0n) is 18.5. The van der Waals surface area contributed by atoms with Gasteiger partial charge in [0.2, 0.25) is 0 Å². The Hall–Kier alpha value is -2.83. The van der Waals surface area contributed by atoms with Crippen LogP contribution in [0.4, 0.5) is 0 Å². The van der Waals surface area contributed by atoms with Crippen LogP contribution in [0.3, 0.4) is 0 Å². The van der Waals surface area contributed by atoms with E-state index >= 15 is 0 Å². The lowest BCUT2D eigenvalue weighted by atomic mass is 9.90. The van der Waals surface area contributed by atoms with Crippen molar-refractivity contribution in [1.29, 1.82) is 0 Å². The summed E-state index contributed by atoms with van der Waals surface area (Å²) < 4.78 is 5.67. The van der Waals surface area contributed by atoms with Gasteiger partial charge in [-0.25, -0.2) is 0 Å². The summed E-state index contributed by atoms with van der Waals surface area (Å²) in [4.78, 5) is 0. The van der Waals surface area contributed by atoms with Gasteiger partial charge in [-0.3, -0.25) is 0 Å². The minimum atomic E-state index is -1.44. The molecule has 7 nitrogen and oxygen atoms in total. The maximum absolute atomic E-state index is 10.4. The van der Waals surface area contributed by atoms with Gasteiger partial charge in [-0.2, -0.15) is 5.10 Å². The number of halogens is 1. The van der Waals surface area contributed by atoms with Crippen molar-refractivity contribution in [1.82, 2.24) is 10.2 Å². The molecule has 176 valence electrons. The molecule has 0 aliphatic carbocycles. The normalized spacial score (nSPS) is 24.4. The van der Waals surface area contributed by atoms with Crippen LogP contribution < -0.4 is 0 Å². The lowest BCUT2D eigenvalue weighted by Crippen LogP contribution is -2.55. The Morgan fingerprint density at radius 1 is 0.912 bits per heavy atom. The molecule has 1 aromatic heterocycles. The van der Waals surface area contributed by atoms with Crippen molar-refractivity contribution in [3.63, 3.8) is 0 Å². The van der Waals surface area contributed by atoms with Crippen LogP contribution >= 0.6 is 11.6 Å². The number of aliphatic hydroxyl groups excluding tert-OH is 4. The van der Waals surface area contributed by atoms with Gasteiger partial charge in [-0.1, -0.05) is 41.8 Å². The van der Waals surface area contributed by atoms with Crippen molar-refractivity contribution in [2.24, 2.45) is 0 Å². The number of aliphatic hydroxyl groups is 4. The highest BCUT2D eigenvalue weighted by Gasteiger charge is 2.44. The summed E-state index contributed by atoms with van der Waals surface area (Å²) in [5, 5.41) is 48.6. The van der Waals surface area contributed by atoms with E-state index in [2.05, 4.69) is 22.0 Å². The van der Waals surface area contributed by atoms with E-state index in [9.17, 15) is 20.4 Å². The van der Waals surface area contributed by atoms with Crippen LogP contribution in [-0.4, -0.2) is 61.6 Å². The SMILES string of the molecule is Cc1ccc(C#Cc2ccc(Cc3cc([C@@H]4O[C@H](CO)[C@@H](O)C(O)[C@H]4O)ccc3Cl)cc2)nn1. The number of nitrogens with zero attached hydrogens (tertiary/aromatic N) is 2. The summed E-state index contributed by atoms with van der Waals surface area (Å²) in [6.45, 7) is 1.39. The van der Waals surface area contributed by atoms with E-state index in [1.165, 1.54) is 0 Å². The lowest BCUT2D eigenvalue weighted by Gasteiger charge is -2.40. The molecule has 0 amide bonds. The molecule has 5 atom stereocenters. The van der Waals surface area contributed by atoms with Gasteiger partial charge in [0.25, 0.3) is 0 Å². The second-order valence-corrected chi connectivity index (χ2v) is 8.69. The Labute approximate surface area is 202 Å². The molecular weight excluding hydrogens is 456 g/mol. The first kappa shape index (κ1) is 24.3. The van der Waals surface area contributed by atoms with Gasteiger partial charge < -0.3 is 25.2 Å². The first-order valence-corrected chi connectivity index (χ1v) is 11.2. The lowest BCUT2D eigenvalue weighted by molar-refractivity contribution is -0.231. The van der Waals surface area contributed by atoms with Crippen molar-refractivity contribution in [2.75, 3.05) is 6.61 Å². The Kier molecular flexibility index (Phi) is 7.59. The van der Waals surface area contributed by atoms with E-state index in [4.69, 9.17) is 16.3 Å². The van der Waals surface area contributed by atoms with Crippen LogP contribution in [0.2, 0.25) is 5.02 Å². The fourth-order valence-electron chi connectivity index (χ4n) is 3.81.